The SMILES string of the molecule is CC[C@@]1(c2ccccc2)NC(=O)N(Cc2ccc(SC)cc2)C1=O. The number of thioether (sulfide) groups is 1. The predicted molar refractivity (Wildman–Crippen MR) is 95.7 cm³/mol. The fraction of sp³-hybridized carbons (Fsp3) is 0.263. The highest BCUT2D eigenvalue weighted by molar-refractivity contribution is 7.98. The standard InChI is InChI=1S/C19H20N2O2S/c1-3-19(15-7-5-4-6-8-15)17(22)21(18(23)20-19)13-14-9-11-16(24-2)12-10-14/h4-12H,3,13H2,1-2H3,(H,20,23)/t19-/m0/s1. The average Bonchev–Trinajstić information content (AvgIpc) is 2.88. The first kappa shape index (κ1) is 16.6. The minimum atomic E-state index is -0.961. The maximum absolute atomic E-state index is 13.0. The topological polar surface area (TPSA) is 49.4 Å². The van der Waals surface area contributed by atoms with E-state index in [1.54, 1.807) is 11.8 Å². The molecule has 24 heavy (non-hydrogen) atoms. The molecule has 2 aromatic rings. The first-order chi connectivity index (χ1) is 11.6. The Bertz CT molecular complexity index is 746. The highest BCUT2D eigenvalue weighted by atomic mass is 32.2. The Balaban J connectivity index is 1.88. The molecule has 0 saturated carbocycles. The Morgan fingerprint density at radius 3 is 2.29 bits per heavy atom. The number of rotatable bonds is 5. The second-order valence-corrected chi connectivity index (χ2v) is 6.67. The van der Waals surface area contributed by atoms with Crippen molar-refractivity contribution in [2.75, 3.05) is 6.26 Å². The quantitative estimate of drug-likeness (QED) is 0.666. The summed E-state index contributed by atoms with van der Waals surface area (Å²) in [4.78, 5) is 28.0. The zero-order valence-electron chi connectivity index (χ0n) is 13.8. The number of hydrogen-bond donors (Lipinski definition) is 1. The molecule has 0 aliphatic carbocycles. The summed E-state index contributed by atoms with van der Waals surface area (Å²) in [5.74, 6) is -0.185. The summed E-state index contributed by atoms with van der Waals surface area (Å²) in [6.45, 7) is 2.20. The highest BCUT2D eigenvalue weighted by Gasteiger charge is 2.50. The van der Waals surface area contributed by atoms with Gasteiger partial charge in [0.05, 0.1) is 6.54 Å². The molecule has 4 nitrogen and oxygen atoms in total. The van der Waals surface area contributed by atoms with Crippen molar-refractivity contribution >= 4 is 23.7 Å². The summed E-state index contributed by atoms with van der Waals surface area (Å²) in [5, 5.41) is 2.91. The van der Waals surface area contributed by atoms with Crippen LogP contribution >= 0.6 is 11.8 Å². The van der Waals surface area contributed by atoms with Crippen molar-refractivity contribution in [1.29, 1.82) is 0 Å². The lowest BCUT2D eigenvalue weighted by Crippen LogP contribution is -2.43. The lowest BCUT2D eigenvalue weighted by atomic mass is 9.87. The summed E-state index contributed by atoms with van der Waals surface area (Å²) in [6.07, 6.45) is 2.53. The molecule has 1 atom stereocenters. The van der Waals surface area contributed by atoms with Gasteiger partial charge in [0.25, 0.3) is 5.91 Å². The number of nitrogens with zero attached hydrogens (tertiary/aromatic N) is 1. The molecular weight excluding hydrogens is 320 g/mol. The van der Waals surface area contributed by atoms with E-state index in [0.717, 1.165) is 16.0 Å². The van der Waals surface area contributed by atoms with Crippen molar-refractivity contribution < 1.29 is 9.59 Å². The van der Waals surface area contributed by atoms with Gasteiger partial charge in [-0.2, -0.15) is 0 Å². The van der Waals surface area contributed by atoms with Crippen LogP contribution in [-0.4, -0.2) is 23.1 Å². The molecule has 0 unspecified atom stereocenters. The number of imide groups is 1. The number of urea groups is 1. The Morgan fingerprint density at radius 2 is 1.71 bits per heavy atom. The van der Waals surface area contributed by atoms with E-state index in [1.165, 1.54) is 4.90 Å². The first-order valence-corrected chi connectivity index (χ1v) is 9.16. The minimum Gasteiger partial charge on any atom is -0.319 e. The second kappa shape index (κ2) is 6.69. The van der Waals surface area contributed by atoms with Gasteiger partial charge in [-0.05, 0) is 35.9 Å². The van der Waals surface area contributed by atoms with Crippen LogP contribution in [0.3, 0.4) is 0 Å². The third-order valence-electron chi connectivity index (χ3n) is 4.47. The van der Waals surface area contributed by atoms with E-state index in [1.807, 2.05) is 67.8 Å². The number of carbonyl (C=O) groups is 2. The Hall–Kier alpha value is -2.27. The van der Waals surface area contributed by atoms with E-state index in [0.29, 0.717) is 6.42 Å². The third-order valence-corrected chi connectivity index (χ3v) is 5.22. The van der Waals surface area contributed by atoms with Crippen LogP contribution in [0.25, 0.3) is 0 Å². The van der Waals surface area contributed by atoms with Gasteiger partial charge in [-0.3, -0.25) is 9.69 Å². The summed E-state index contributed by atoms with van der Waals surface area (Å²) < 4.78 is 0. The summed E-state index contributed by atoms with van der Waals surface area (Å²) >= 11 is 1.66. The van der Waals surface area contributed by atoms with Gasteiger partial charge in [-0.15, -0.1) is 11.8 Å². The van der Waals surface area contributed by atoms with Crippen molar-refractivity contribution in [3.05, 3.63) is 65.7 Å². The molecule has 124 valence electrons. The molecule has 5 heteroatoms. The first-order valence-electron chi connectivity index (χ1n) is 7.93. The normalized spacial score (nSPS) is 20.3. The molecule has 3 rings (SSSR count). The summed E-state index contributed by atoms with van der Waals surface area (Å²) in [5.41, 5.74) is 0.805. The summed E-state index contributed by atoms with van der Waals surface area (Å²) in [7, 11) is 0. The Kier molecular flexibility index (Phi) is 4.62. The molecule has 1 saturated heterocycles. The highest BCUT2D eigenvalue weighted by Crippen LogP contribution is 2.33. The van der Waals surface area contributed by atoms with Crippen LogP contribution in [0.4, 0.5) is 4.79 Å². The van der Waals surface area contributed by atoms with E-state index >= 15 is 0 Å². The molecule has 0 aromatic heterocycles. The number of nitrogens with one attached hydrogen (secondary N) is 1. The number of hydrogen-bond acceptors (Lipinski definition) is 3. The molecule has 1 aliphatic heterocycles. The second-order valence-electron chi connectivity index (χ2n) is 5.79. The number of benzene rings is 2. The zero-order chi connectivity index (χ0) is 17.2. The van der Waals surface area contributed by atoms with Crippen molar-refractivity contribution in [2.45, 2.75) is 30.3 Å². The van der Waals surface area contributed by atoms with Gasteiger partial charge in [0.2, 0.25) is 0 Å². The third kappa shape index (κ3) is 2.80. The van der Waals surface area contributed by atoms with Crippen LogP contribution in [0, 0.1) is 0 Å². The Labute approximate surface area is 146 Å². The van der Waals surface area contributed by atoms with Gasteiger partial charge >= 0.3 is 6.03 Å². The number of carbonyl (C=O) groups excluding carboxylic acids is 2. The van der Waals surface area contributed by atoms with E-state index in [9.17, 15) is 9.59 Å². The maximum Gasteiger partial charge on any atom is 0.325 e. The zero-order valence-corrected chi connectivity index (χ0v) is 14.6. The molecule has 1 aliphatic rings. The van der Waals surface area contributed by atoms with Gasteiger partial charge in [0, 0.05) is 4.90 Å². The smallest absolute Gasteiger partial charge is 0.319 e. The monoisotopic (exact) mass is 340 g/mol. The molecule has 1 heterocycles. The molecular formula is C19H20N2O2S. The maximum atomic E-state index is 13.0. The van der Waals surface area contributed by atoms with Crippen LogP contribution in [-0.2, 0) is 16.9 Å². The van der Waals surface area contributed by atoms with Crippen LogP contribution in [0.2, 0.25) is 0 Å². The lowest BCUT2D eigenvalue weighted by Gasteiger charge is -2.25. The van der Waals surface area contributed by atoms with Gasteiger partial charge in [0.15, 0.2) is 0 Å². The van der Waals surface area contributed by atoms with Crippen LogP contribution in [0.1, 0.15) is 24.5 Å². The van der Waals surface area contributed by atoms with Gasteiger partial charge in [-0.25, -0.2) is 4.79 Å². The fourth-order valence-corrected chi connectivity index (χ4v) is 3.45. The van der Waals surface area contributed by atoms with Crippen LogP contribution < -0.4 is 5.32 Å². The largest absolute Gasteiger partial charge is 0.325 e. The Morgan fingerprint density at radius 1 is 1.04 bits per heavy atom. The minimum absolute atomic E-state index is 0.185. The lowest BCUT2D eigenvalue weighted by molar-refractivity contribution is -0.132. The van der Waals surface area contributed by atoms with E-state index in [4.69, 9.17) is 0 Å². The van der Waals surface area contributed by atoms with Crippen molar-refractivity contribution in [3.8, 4) is 0 Å². The van der Waals surface area contributed by atoms with Gasteiger partial charge in [0.1, 0.15) is 5.54 Å². The average molecular weight is 340 g/mol. The van der Waals surface area contributed by atoms with Gasteiger partial charge < -0.3 is 5.32 Å². The molecule has 3 amide bonds. The summed E-state index contributed by atoms with van der Waals surface area (Å²) in [6, 6.07) is 17.0. The molecule has 1 fully saturated rings. The molecule has 1 N–H and O–H groups in total. The fourth-order valence-electron chi connectivity index (χ4n) is 3.05. The van der Waals surface area contributed by atoms with E-state index in [2.05, 4.69) is 5.32 Å². The predicted octanol–water partition coefficient (Wildman–Crippen LogP) is 3.77. The molecule has 0 bridgehead atoms. The van der Waals surface area contributed by atoms with Crippen molar-refractivity contribution in [2.24, 2.45) is 0 Å². The molecule has 0 radical (unpaired) electrons. The van der Waals surface area contributed by atoms with Crippen molar-refractivity contribution in [1.82, 2.24) is 10.2 Å². The van der Waals surface area contributed by atoms with Crippen LogP contribution in [0.15, 0.2) is 59.5 Å². The van der Waals surface area contributed by atoms with E-state index in [-0.39, 0.29) is 18.5 Å². The molecule has 0 spiro atoms. The van der Waals surface area contributed by atoms with Crippen LogP contribution in [0.5, 0.6) is 0 Å². The van der Waals surface area contributed by atoms with E-state index < -0.39 is 5.54 Å². The molecule has 2 aromatic carbocycles. The van der Waals surface area contributed by atoms with Crippen molar-refractivity contribution in [3.63, 3.8) is 0 Å². The number of amides is 3. The van der Waals surface area contributed by atoms with Gasteiger partial charge in [-0.1, -0.05) is 49.4 Å².